The van der Waals surface area contributed by atoms with E-state index in [-0.39, 0.29) is 23.9 Å². The monoisotopic (exact) mass is 424 g/mol. The van der Waals surface area contributed by atoms with Crippen molar-refractivity contribution in [3.8, 4) is 0 Å². The van der Waals surface area contributed by atoms with E-state index < -0.39 is 6.04 Å². The average molecular weight is 425 g/mol. The Hall–Kier alpha value is -2.82. The number of carbonyl (C=O) groups is 2. The Morgan fingerprint density at radius 1 is 1.03 bits per heavy atom. The van der Waals surface area contributed by atoms with Crippen LogP contribution in [0.1, 0.15) is 33.1 Å². The van der Waals surface area contributed by atoms with Crippen LogP contribution < -0.4 is 5.32 Å². The predicted octanol–water partition coefficient (Wildman–Crippen LogP) is 5.49. The number of halogens is 2. The second-order valence-corrected chi connectivity index (χ2v) is 7.85. The van der Waals surface area contributed by atoms with Crippen molar-refractivity contribution in [2.45, 2.75) is 13.0 Å². The van der Waals surface area contributed by atoms with Gasteiger partial charge in [-0.3, -0.25) is 9.59 Å². The van der Waals surface area contributed by atoms with Crippen molar-refractivity contribution in [3.05, 3.63) is 99.0 Å². The van der Waals surface area contributed by atoms with Crippen molar-refractivity contribution in [1.82, 2.24) is 4.90 Å². The van der Waals surface area contributed by atoms with E-state index in [2.05, 4.69) is 5.32 Å². The molecule has 6 heteroatoms. The molecule has 1 heterocycles. The molecule has 0 saturated carbocycles. The second kappa shape index (κ2) is 7.90. The molecule has 0 fully saturated rings. The molecule has 3 aromatic rings. The van der Waals surface area contributed by atoms with E-state index in [9.17, 15) is 9.59 Å². The maximum atomic E-state index is 13.6. The van der Waals surface area contributed by atoms with Crippen LogP contribution in [0.25, 0.3) is 0 Å². The van der Waals surface area contributed by atoms with Gasteiger partial charge in [0.05, 0.1) is 16.6 Å². The Kier molecular flexibility index (Phi) is 5.31. The highest BCUT2D eigenvalue weighted by molar-refractivity contribution is 6.35. The van der Waals surface area contributed by atoms with E-state index in [0.717, 1.165) is 16.7 Å². The van der Waals surface area contributed by atoms with Gasteiger partial charge >= 0.3 is 0 Å². The minimum atomic E-state index is -0.451. The number of anilines is 1. The third-order valence-corrected chi connectivity index (χ3v) is 5.50. The van der Waals surface area contributed by atoms with Crippen LogP contribution in [0.15, 0.2) is 66.7 Å². The lowest BCUT2D eigenvalue weighted by atomic mass is 9.94. The maximum Gasteiger partial charge on any atom is 0.256 e. The van der Waals surface area contributed by atoms with Crippen LogP contribution in [0, 0.1) is 6.92 Å². The minimum absolute atomic E-state index is 0.102. The van der Waals surface area contributed by atoms with Crippen molar-refractivity contribution >= 4 is 40.7 Å². The van der Waals surface area contributed by atoms with E-state index in [0.29, 0.717) is 15.7 Å². The fraction of sp³-hybridized carbons (Fsp3) is 0.130. The summed E-state index contributed by atoms with van der Waals surface area (Å²) in [7, 11) is 0. The van der Waals surface area contributed by atoms with E-state index in [1.165, 1.54) is 6.07 Å². The summed E-state index contributed by atoms with van der Waals surface area (Å²) in [4.78, 5) is 27.7. The highest BCUT2D eigenvalue weighted by Gasteiger charge is 2.34. The number of aryl methyl sites for hydroxylation is 1. The fourth-order valence-electron chi connectivity index (χ4n) is 3.63. The van der Waals surface area contributed by atoms with Gasteiger partial charge in [0.1, 0.15) is 6.54 Å². The molecule has 0 saturated heterocycles. The molecule has 146 valence electrons. The third-order valence-electron chi connectivity index (χ3n) is 4.94. The van der Waals surface area contributed by atoms with Crippen LogP contribution in [0.4, 0.5) is 5.69 Å². The van der Waals surface area contributed by atoms with Gasteiger partial charge < -0.3 is 10.2 Å². The number of hydrogen-bond acceptors (Lipinski definition) is 2. The number of benzene rings is 3. The first-order chi connectivity index (χ1) is 13.9. The first-order valence-corrected chi connectivity index (χ1v) is 9.91. The van der Waals surface area contributed by atoms with E-state index >= 15 is 0 Å². The summed E-state index contributed by atoms with van der Waals surface area (Å²) in [6, 6.07) is 19.8. The number of amides is 2. The topological polar surface area (TPSA) is 49.4 Å². The molecule has 2 amide bonds. The molecule has 4 nitrogen and oxygen atoms in total. The SMILES string of the molecule is Cc1ccc2c(c1)[C@H](c1ccccc1)N(C(=O)c1cc(Cl)ccc1Cl)CC(=O)N2. The van der Waals surface area contributed by atoms with Crippen LogP contribution in [0.3, 0.4) is 0 Å². The molecule has 0 bridgehead atoms. The number of carbonyl (C=O) groups excluding carboxylic acids is 2. The molecule has 1 atom stereocenters. The smallest absolute Gasteiger partial charge is 0.256 e. The van der Waals surface area contributed by atoms with Gasteiger partial charge in [-0.15, -0.1) is 0 Å². The molecule has 0 radical (unpaired) electrons. The van der Waals surface area contributed by atoms with Crippen molar-refractivity contribution in [2.75, 3.05) is 11.9 Å². The van der Waals surface area contributed by atoms with Gasteiger partial charge in [-0.05, 0) is 36.8 Å². The van der Waals surface area contributed by atoms with Crippen molar-refractivity contribution in [1.29, 1.82) is 0 Å². The summed E-state index contributed by atoms with van der Waals surface area (Å²) in [6.45, 7) is 1.88. The molecule has 29 heavy (non-hydrogen) atoms. The standard InChI is InChI=1S/C23H18Cl2N2O2/c1-14-7-10-20-18(11-14)22(15-5-3-2-4-6-15)27(13-21(28)26-20)23(29)17-12-16(24)8-9-19(17)25/h2-12,22H,13H2,1H3,(H,26,28)/t22-/m0/s1. The largest absolute Gasteiger partial charge is 0.324 e. The van der Waals surface area contributed by atoms with Gasteiger partial charge in [0.2, 0.25) is 5.91 Å². The Balaban J connectivity index is 1.91. The lowest BCUT2D eigenvalue weighted by Crippen LogP contribution is -2.39. The lowest BCUT2D eigenvalue weighted by Gasteiger charge is -2.31. The zero-order chi connectivity index (χ0) is 20.5. The molecule has 0 aromatic heterocycles. The first-order valence-electron chi connectivity index (χ1n) is 9.15. The zero-order valence-electron chi connectivity index (χ0n) is 15.7. The third kappa shape index (κ3) is 3.86. The second-order valence-electron chi connectivity index (χ2n) is 7.01. The van der Waals surface area contributed by atoms with Crippen LogP contribution >= 0.6 is 23.2 Å². The van der Waals surface area contributed by atoms with Gasteiger partial charge in [-0.1, -0.05) is 71.2 Å². The van der Waals surface area contributed by atoms with Crippen LogP contribution in [-0.4, -0.2) is 23.3 Å². The summed E-state index contributed by atoms with van der Waals surface area (Å²) >= 11 is 12.4. The molecule has 1 aliphatic rings. The van der Waals surface area contributed by atoms with Crippen LogP contribution in [-0.2, 0) is 4.79 Å². The van der Waals surface area contributed by atoms with Crippen LogP contribution in [0.5, 0.6) is 0 Å². The van der Waals surface area contributed by atoms with E-state index in [1.54, 1.807) is 17.0 Å². The fourth-order valence-corrected chi connectivity index (χ4v) is 4.00. The van der Waals surface area contributed by atoms with Crippen molar-refractivity contribution in [3.63, 3.8) is 0 Å². The molecule has 0 spiro atoms. The molecule has 0 unspecified atom stereocenters. The maximum absolute atomic E-state index is 13.6. The highest BCUT2D eigenvalue weighted by atomic mass is 35.5. The van der Waals surface area contributed by atoms with E-state index in [4.69, 9.17) is 23.2 Å². The Morgan fingerprint density at radius 2 is 1.79 bits per heavy atom. The first kappa shape index (κ1) is 19.5. The number of nitrogens with zero attached hydrogens (tertiary/aromatic N) is 1. The summed E-state index contributed by atoms with van der Waals surface area (Å²) in [6.07, 6.45) is 0. The highest BCUT2D eigenvalue weighted by Crippen LogP contribution is 2.37. The summed E-state index contributed by atoms with van der Waals surface area (Å²) < 4.78 is 0. The van der Waals surface area contributed by atoms with Gasteiger partial charge in [-0.25, -0.2) is 0 Å². The van der Waals surface area contributed by atoms with Gasteiger partial charge in [0, 0.05) is 16.3 Å². The van der Waals surface area contributed by atoms with E-state index in [1.807, 2.05) is 55.5 Å². The minimum Gasteiger partial charge on any atom is -0.324 e. The van der Waals surface area contributed by atoms with Crippen LogP contribution in [0.2, 0.25) is 10.0 Å². The Bertz CT molecular complexity index is 1100. The normalized spacial score (nSPS) is 16.0. The van der Waals surface area contributed by atoms with Crippen molar-refractivity contribution < 1.29 is 9.59 Å². The Morgan fingerprint density at radius 3 is 2.55 bits per heavy atom. The number of hydrogen-bond donors (Lipinski definition) is 1. The lowest BCUT2D eigenvalue weighted by molar-refractivity contribution is -0.117. The quantitative estimate of drug-likeness (QED) is 0.591. The van der Waals surface area contributed by atoms with Gasteiger partial charge in [0.15, 0.2) is 0 Å². The molecule has 3 aromatic carbocycles. The number of rotatable bonds is 2. The Labute approximate surface area is 179 Å². The number of nitrogens with one attached hydrogen (secondary N) is 1. The summed E-state index contributed by atoms with van der Waals surface area (Å²) in [5, 5.41) is 3.62. The van der Waals surface area contributed by atoms with Gasteiger partial charge in [-0.2, -0.15) is 0 Å². The van der Waals surface area contributed by atoms with Gasteiger partial charge in [0.25, 0.3) is 5.91 Å². The van der Waals surface area contributed by atoms with Crippen molar-refractivity contribution in [2.24, 2.45) is 0 Å². The average Bonchev–Trinajstić information content (AvgIpc) is 2.85. The summed E-state index contributed by atoms with van der Waals surface area (Å²) in [5.74, 6) is -0.615. The molecular formula is C23H18Cl2N2O2. The molecule has 0 aliphatic carbocycles. The molecule has 1 aliphatic heterocycles. The number of fused-ring (bicyclic) bond motifs is 1. The molecule has 4 rings (SSSR count). The zero-order valence-corrected chi connectivity index (χ0v) is 17.2. The molecular weight excluding hydrogens is 407 g/mol. The molecule has 1 N–H and O–H groups in total. The predicted molar refractivity (Wildman–Crippen MR) is 116 cm³/mol. The summed E-state index contributed by atoms with van der Waals surface area (Å²) in [5.41, 5.74) is 3.76.